The summed E-state index contributed by atoms with van der Waals surface area (Å²) >= 11 is 1.60. The second-order valence-electron chi connectivity index (χ2n) is 4.32. The summed E-state index contributed by atoms with van der Waals surface area (Å²) in [6.07, 6.45) is 0. The summed E-state index contributed by atoms with van der Waals surface area (Å²) in [5.41, 5.74) is 1.87. The molecule has 0 spiro atoms. The van der Waals surface area contributed by atoms with E-state index in [1.54, 1.807) is 24.5 Å². The Morgan fingerprint density at radius 1 is 1.30 bits per heavy atom. The van der Waals surface area contributed by atoms with Crippen LogP contribution in [0.3, 0.4) is 0 Å². The molecular weight excluding hydrogens is 277 g/mol. The van der Waals surface area contributed by atoms with Gasteiger partial charge in [-0.15, -0.1) is 0 Å². The van der Waals surface area contributed by atoms with Crippen molar-refractivity contribution >= 4 is 11.3 Å². The van der Waals surface area contributed by atoms with Crippen LogP contribution in [0.2, 0.25) is 0 Å². The molecule has 2 rings (SSSR count). The molecule has 0 unspecified atom stereocenters. The lowest BCUT2D eigenvalue weighted by molar-refractivity contribution is 0.199. The predicted octanol–water partition coefficient (Wildman–Crippen LogP) is 3.20. The number of hydrogen-bond donors (Lipinski definition) is 1. The van der Waals surface area contributed by atoms with Gasteiger partial charge in [-0.2, -0.15) is 11.3 Å². The fraction of sp³-hybridized carbons (Fsp3) is 0.333. The minimum Gasteiger partial charge on any atom is -0.485 e. The quantitative estimate of drug-likeness (QED) is 0.759. The zero-order chi connectivity index (χ0) is 14.2. The molecule has 3 nitrogen and oxygen atoms in total. The van der Waals surface area contributed by atoms with Crippen LogP contribution in [-0.4, -0.2) is 20.3 Å². The van der Waals surface area contributed by atoms with E-state index in [0.29, 0.717) is 25.5 Å². The van der Waals surface area contributed by atoms with Crippen LogP contribution in [0.25, 0.3) is 0 Å². The minimum absolute atomic E-state index is 0.323. The monoisotopic (exact) mass is 295 g/mol. The molecule has 0 aliphatic heterocycles. The van der Waals surface area contributed by atoms with E-state index in [1.807, 2.05) is 22.9 Å². The first-order valence-electron chi connectivity index (χ1n) is 6.42. The zero-order valence-corrected chi connectivity index (χ0v) is 12.2. The Bertz CT molecular complexity index is 517. The average Bonchev–Trinajstić information content (AvgIpc) is 2.96. The number of benzene rings is 1. The third kappa shape index (κ3) is 4.30. The Kier molecular flexibility index (Phi) is 5.98. The minimum atomic E-state index is -0.328. The SMILES string of the molecule is COCCNCc1cccc(F)c1OCc1ccsc1. The van der Waals surface area contributed by atoms with Crippen LogP contribution < -0.4 is 10.1 Å². The van der Waals surface area contributed by atoms with Gasteiger partial charge in [-0.1, -0.05) is 12.1 Å². The van der Waals surface area contributed by atoms with Gasteiger partial charge in [0.05, 0.1) is 6.61 Å². The molecule has 0 amide bonds. The van der Waals surface area contributed by atoms with Crippen molar-refractivity contribution in [3.63, 3.8) is 0 Å². The molecule has 1 aromatic carbocycles. The third-order valence-corrected chi connectivity index (χ3v) is 3.54. The smallest absolute Gasteiger partial charge is 0.165 e. The van der Waals surface area contributed by atoms with Crippen LogP contribution in [0.15, 0.2) is 35.0 Å². The summed E-state index contributed by atoms with van der Waals surface area (Å²) in [5, 5.41) is 7.17. The molecule has 0 radical (unpaired) electrons. The standard InChI is InChI=1S/C15H18FNO2S/c1-18-7-6-17-9-13-3-2-4-14(16)15(13)19-10-12-5-8-20-11-12/h2-5,8,11,17H,6-7,9-10H2,1H3. The lowest BCUT2D eigenvalue weighted by Crippen LogP contribution is -2.19. The van der Waals surface area contributed by atoms with E-state index in [-0.39, 0.29) is 5.82 Å². The van der Waals surface area contributed by atoms with E-state index in [0.717, 1.165) is 17.7 Å². The van der Waals surface area contributed by atoms with Crippen molar-refractivity contribution < 1.29 is 13.9 Å². The van der Waals surface area contributed by atoms with Crippen molar-refractivity contribution in [1.82, 2.24) is 5.32 Å². The average molecular weight is 295 g/mol. The van der Waals surface area contributed by atoms with E-state index in [4.69, 9.17) is 9.47 Å². The van der Waals surface area contributed by atoms with Crippen LogP contribution in [0.5, 0.6) is 5.75 Å². The molecule has 0 aliphatic carbocycles. The Morgan fingerprint density at radius 3 is 2.95 bits per heavy atom. The van der Waals surface area contributed by atoms with E-state index >= 15 is 0 Å². The van der Waals surface area contributed by atoms with Gasteiger partial charge >= 0.3 is 0 Å². The van der Waals surface area contributed by atoms with Crippen molar-refractivity contribution in [2.75, 3.05) is 20.3 Å². The molecule has 1 aromatic heterocycles. The maximum Gasteiger partial charge on any atom is 0.165 e. The summed E-state index contributed by atoms with van der Waals surface area (Å²) < 4.78 is 24.5. The number of ether oxygens (including phenoxy) is 2. The number of methoxy groups -OCH3 is 1. The van der Waals surface area contributed by atoms with Crippen LogP contribution in [0.4, 0.5) is 4.39 Å². The van der Waals surface area contributed by atoms with E-state index in [9.17, 15) is 4.39 Å². The van der Waals surface area contributed by atoms with Crippen molar-refractivity contribution in [2.45, 2.75) is 13.2 Å². The summed E-state index contributed by atoms with van der Waals surface area (Å²) in [5.74, 6) is -0.00473. The molecule has 20 heavy (non-hydrogen) atoms. The van der Waals surface area contributed by atoms with Crippen LogP contribution in [0.1, 0.15) is 11.1 Å². The maximum atomic E-state index is 13.9. The summed E-state index contributed by atoms with van der Waals surface area (Å²) in [4.78, 5) is 0. The lowest BCUT2D eigenvalue weighted by atomic mass is 10.2. The molecule has 2 aromatic rings. The maximum absolute atomic E-state index is 13.9. The zero-order valence-electron chi connectivity index (χ0n) is 11.4. The summed E-state index contributed by atoms with van der Waals surface area (Å²) in [6, 6.07) is 6.95. The van der Waals surface area contributed by atoms with E-state index < -0.39 is 0 Å². The first kappa shape index (κ1) is 15.0. The third-order valence-electron chi connectivity index (χ3n) is 2.81. The van der Waals surface area contributed by atoms with Gasteiger partial charge < -0.3 is 14.8 Å². The Labute approximate surface area is 122 Å². The molecule has 0 bridgehead atoms. The lowest BCUT2D eigenvalue weighted by Gasteiger charge is -2.12. The highest BCUT2D eigenvalue weighted by Gasteiger charge is 2.10. The van der Waals surface area contributed by atoms with Gasteiger partial charge in [0.1, 0.15) is 6.61 Å². The van der Waals surface area contributed by atoms with Crippen molar-refractivity contribution in [3.05, 3.63) is 52.0 Å². The highest BCUT2D eigenvalue weighted by molar-refractivity contribution is 7.07. The molecule has 0 saturated heterocycles. The molecular formula is C15H18FNO2S. The predicted molar refractivity (Wildman–Crippen MR) is 78.6 cm³/mol. The number of halogens is 1. The van der Waals surface area contributed by atoms with Crippen LogP contribution in [0, 0.1) is 5.82 Å². The summed E-state index contributed by atoms with van der Waals surface area (Å²) in [7, 11) is 1.65. The molecule has 0 fully saturated rings. The Balaban J connectivity index is 1.98. The Morgan fingerprint density at radius 2 is 2.20 bits per heavy atom. The summed E-state index contributed by atoms with van der Waals surface area (Å²) in [6.45, 7) is 2.28. The number of rotatable bonds is 8. The van der Waals surface area contributed by atoms with Crippen LogP contribution >= 0.6 is 11.3 Å². The molecule has 0 saturated carbocycles. The van der Waals surface area contributed by atoms with Crippen LogP contribution in [-0.2, 0) is 17.9 Å². The first-order chi connectivity index (χ1) is 9.81. The van der Waals surface area contributed by atoms with Gasteiger partial charge in [0.2, 0.25) is 0 Å². The topological polar surface area (TPSA) is 30.5 Å². The van der Waals surface area contributed by atoms with Gasteiger partial charge in [-0.25, -0.2) is 4.39 Å². The fourth-order valence-electron chi connectivity index (χ4n) is 1.78. The Hall–Kier alpha value is -1.43. The molecule has 0 aliphatic rings. The van der Waals surface area contributed by atoms with Gasteiger partial charge in [0.15, 0.2) is 11.6 Å². The highest BCUT2D eigenvalue weighted by atomic mass is 32.1. The molecule has 5 heteroatoms. The largest absolute Gasteiger partial charge is 0.485 e. The van der Waals surface area contributed by atoms with Crippen molar-refractivity contribution in [2.24, 2.45) is 0 Å². The normalized spacial score (nSPS) is 10.7. The van der Waals surface area contributed by atoms with Gasteiger partial charge in [-0.05, 0) is 28.5 Å². The fourth-order valence-corrected chi connectivity index (χ4v) is 2.44. The molecule has 1 N–H and O–H groups in total. The number of para-hydroxylation sites is 1. The molecule has 108 valence electrons. The highest BCUT2D eigenvalue weighted by Crippen LogP contribution is 2.24. The van der Waals surface area contributed by atoms with E-state index in [2.05, 4.69) is 5.32 Å². The van der Waals surface area contributed by atoms with Gasteiger partial charge in [-0.3, -0.25) is 0 Å². The molecule has 0 atom stereocenters. The second-order valence-corrected chi connectivity index (χ2v) is 5.10. The number of nitrogens with one attached hydrogen (secondary N) is 1. The van der Waals surface area contributed by atoms with Gasteiger partial charge in [0.25, 0.3) is 0 Å². The van der Waals surface area contributed by atoms with E-state index in [1.165, 1.54) is 6.07 Å². The van der Waals surface area contributed by atoms with Gasteiger partial charge in [0, 0.05) is 25.8 Å². The van der Waals surface area contributed by atoms with Crippen molar-refractivity contribution in [1.29, 1.82) is 0 Å². The second kappa shape index (κ2) is 7.99. The molecule has 1 heterocycles. The first-order valence-corrected chi connectivity index (χ1v) is 7.36. The number of hydrogen-bond acceptors (Lipinski definition) is 4. The van der Waals surface area contributed by atoms with Crippen molar-refractivity contribution in [3.8, 4) is 5.75 Å². The number of thiophene rings is 1.